The van der Waals surface area contributed by atoms with Crippen LogP contribution in [-0.4, -0.2) is 13.7 Å². The first-order chi connectivity index (χ1) is 8.35. The normalized spacial score (nSPS) is 15.1. The Bertz CT molecular complexity index is 387. The topological polar surface area (TPSA) is 21.3 Å². The quantitative estimate of drug-likeness (QED) is 0.599. The Morgan fingerprint density at radius 2 is 2.41 bits per heavy atom. The smallest absolute Gasteiger partial charge is 0.122 e. The molecule has 1 unspecified atom stereocenters. The Hall–Kier alpha value is -1.28. The zero-order valence-electron chi connectivity index (χ0n) is 10.5. The van der Waals surface area contributed by atoms with E-state index in [1.165, 1.54) is 17.5 Å². The van der Waals surface area contributed by atoms with E-state index in [4.69, 9.17) is 4.74 Å². The molecule has 0 saturated heterocycles. The third-order valence-corrected chi connectivity index (χ3v) is 3.37. The summed E-state index contributed by atoms with van der Waals surface area (Å²) in [5.74, 6) is 1.06. The lowest BCUT2D eigenvalue weighted by molar-refractivity contribution is 0.356. The molecule has 92 valence electrons. The maximum Gasteiger partial charge on any atom is 0.122 e. The van der Waals surface area contributed by atoms with E-state index in [0.717, 1.165) is 31.6 Å². The highest BCUT2D eigenvalue weighted by atomic mass is 16.5. The summed E-state index contributed by atoms with van der Waals surface area (Å²) >= 11 is 0. The first kappa shape index (κ1) is 12.2. The van der Waals surface area contributed by atoms with Gasteiger partial charge in [-0.1, -0.05) is 18.2 Å². The minimum atomic E-state index is 0.445. The Labute approximate surface area is 104 Å². The number of benzene rings is 1. The number of fused-ring (bicyclic) bond motifs is 1. The largest absolute Gasteiger partial charge is 0.493 e. The highest BCUT2D eigenvalue weighted by Crippen LogP contribution is 2.29. The van der Waals surface area contributed by atoms with Crippen molar-refractivity contribution in [3.05, 3.63) is 42.0 Å². The standard InChI is InChI=1S/C15H21NO/c1-3-4-5-6-14(16-2)12-7-8-15-13(11-12)9-10-17-15/h3,7-8,11,14,16H,1,4-6,9-10H2,2H3. The molecule has 0 spiro atoms. The molecule has 2 rings (SSSR count). The minimum absolute atomic E-state index is 0.445. The van der Waals surface area contributed by atoms with Crippen molar-refractivity contribution in [2.45, 2.75) is 31.7 Å². The van der Waals surface area contributed by atoms with E-state index < -0.39 is 0 Å². The Balaban J connectivity index is 2.05. The van der Waals surface area contributed by atoms with Crippen LogP contribution in [0.2, 0.25) is 0 Å². The van der Waals surface area contributed by atoms with Crippen LogP contribution in [0.15, 0.2) is 30.9 Å². The summed E-state index contributed by atoms with van der Waals surface area (Å²) in [5, 5.41) is 3.39. The van der Waals surface area contributed by atoms with Crippen molar-refractivity contribution in [2.75, 3.05) is 13.7 Å². The van der Waals surface area contributed by atoms with Crippen LogP contribution in [0.1, 0.15) is 36.4 Å². The lowest BCUT2D eigenvalue weighted by Gasteiger charge is -2.17. The molecule has 0 radical (unpaired) electrons. The van der Waals surface area contributed by atoms with Gasteiger partial charge >= 0.3 is 0 Å². The Kier molecular flexibility index (Phi) is 4.21. The number of unbranched alkanes of at least 4 members (excludes halogenated alkanes) is 1. The van der Waals surface area contributed by atoms with Gasteiger partial charge in [-0.15, -0.1) is 6.58 Å². The van der Waals surface area contributed by atoms with Crippen LogP contribution >= 0.6 is 0 Å². The fourth-order valence-electron chi connectivity index (χ4n) is 2.37. The lowest BCUT2D eigenvalue weighted by Crippen LogP contribution is -2.16. The maximum atomic E-state index is 5.53. The first-order valence-electron chi connectivity index (χ1n) is 6.39. The highest BCUT2D eigenvalue weighted by molar-refractivity contribution is 5.40. The van der Waals surface area contributed by atoms with Gasteiger partial charge in [0.2, 0.25) is 0 Å². The van der Waals surface area contributed by atoms with Gasteiger partial charge in [-0.3, -0.25) is 0 Å². The second kappa shape index (κ2) is 5.87. The van der Waals surface area contributed by atoms with Crippen molar-refractivity contribution in [1.82, 2.24) is 5.32 Å². The number of hydrogen-bond acceptors (Lipinski definition) is 2. The van der Waals surface area contributed by atoms with Crippen LogP contribution in [0.25, 0.3) is 0 Å². The van der Waals surface area contributed by atoms with Gasteiger partial charge in [-0.05, 0) is 43.5 Å². The summed E-state index contributed by atoms with van der Waals surface area (Å²) in [5.41, 5.74) is 2.73. The molecule has 2 nitrogen and oxygen atoms in total. The Morgan fingerprint density at radius 1 is 1.53 bits per heavy atom. The van der Waals surface area contributed by atoms with E-state index in [-0.39, 0.29) is 0 Å². The van der Waals surface area contributed by atoms with E-state index >= 15 is 0 Å². The SMILES string of the molecule is C=CCCCC(NC)c1ccc2c(c1)CCO2. The van der Waals surface area contributed by atoms with Crippen LogP contribution in [-0.2, 0) is 6.42 Å². The summed E-state index contributed by atoms with van der Waals surface area (Å²) in [4.78, 5) is 0. The molecule has 0 bridgehead atoms. The molecular formula is C15H21NO. The molecule has 0 fully saturated rings. The van der Waals surface area contributed by atoms with Gasteiger partial charge in [-0.2, -0.15) is 0 Å². The van der Waals surface area contributed by atoms with Gasteiger partial charge in [0, 0.05) is 12.5 Å². The molecule has 1 aromatic carbocycles. The molecule has 0 amide bonds. The average molecular weight is 231 g/mol. The van der Waals surface area contributed by atoms with Crippen LogP contribution in [0.3, 0.4) is 0 Å². The van der Waals surface area contributed by atoms with Gasteiger partial charge in [0.05, 0.1) is 6.61 Å². The highest BCUT2D eigenvalue weighted by Gasteiger charge is 2.15. The van der Waals surface area contributed by atoms with Crippen molar-refractivity contribution in [1.29, 1.82) is 0 Å². The van der Waals surface area contributed by atoms with Gasteiger partial charge in [0.1, 0.15) is 5.75 Å². The molecule has 0 saturated carbocycles. The van der Waals surface area contributed by atoms with Crippen molar-refractivity contribution in [3.8, 4) is 5.75 Å². The third kappa shape index (κ3) is 2.89. The van der Waals surface area contributed by atoms with E-state index in [1.54, 1.807) is 0 Å². The molecule has 1 heterocycles. The second-order valence-corrected chi connectivity index (χ2v) is 4.53. The summed E-state index contributed by atoms with van der Waals surface area (Å²) in [6, 6.07) is 7.02. The van der Waals surface area contributed by atoms with Crippen molar-refractivity contribution in [3.63, 3.8) is 0 Å². The summed E-state index contributed by atoms with van der Waals surface area (Å²) in [6.45, 7) is 4.60. The zero-order chi connectivity index (χ0) is 12.1. The average Bonchev–Trinajstić information content (AvgIpc) is 2.82. The van der Waals surface area contributed by atoms with Gasteiger partial charge in [0.25, 0.3) is 0 Å². The molecule has 1 aliphatic heterocycles. The minimum Gasteiger partial charge on any atom is -0.493 e. The molecule has 17 heavy (non-hydrogen) atoms. The predicted octanol–water partition coefficient (Wildman–Crippen LogP) is 3.24. The predicted molar refractivity (Wildman–Crippen MR) is 71.5 cm³/mol. The van der Waals surface area contributed by atoms with Crippen LogP contribution < -0.4 is 10.1 Å². The lowest BCUT2D eigenvalue weighted by atomic mass is 9.98. The van der Waals surface area contributed by atoms with Crippen molar-refractivity contribution in [2.24, 2.45) is 0 Å². The Morgan fingerprint density at radius 3 is 3.18 bits per heavy atom. The number of hydrogen-bond donors (Lipinski definition) is 1. The number of rotatable bonds is 6. The monoisotopic (exact) mass is 231 g/mol. The molecule has 1 aromatic rings. The summed E-state index contributed by atoms with van der Waals surface area (Å²) < 4.78 is 5.53. The van der Waals surface area contributed by atoms with Crippen molar-refractivity contribution < 1.29 is 4.74 Å². The van der Waals surface area contributed by atoms with Crippen molar-refractivity contribution >= 4 is 0 Å². The zero-order valence-corrected chi connectivity index (χ0v) is 10.5. The fourth-order valence-corrected chi connectivity index (χ4v) is 2.37. The molecule has 1 aliphatic rings. The van der Waals surface area contributed by atoms with Gasteiger partial charge in [0.15, 0.2) is 0 Å². The van der Waals surface area contributed by atoms with E-state index in [0.29, 0.717) is 6.04 Å². The van der Waals surface area contributed by atoms with Crippen LogP contribution in [0.4, 0.5) is 0 Å². The van der Waals surface area contributed by atoms with Gasteiger partial charge < -0.3 is 10.1 Å². The molecule has 0 aromatic heterocycles. The van der Waals surface area contributed by atoms with Crippen LogP contribution in [0, 0.1) is 0 Å². The van der Waals surface area contributed by atoms with E-state index in [1.807, 2.05) is 13.1 Å². The number of ether oxygens (including phenoxy) is 1. The number of allylic oxidation sites excluding steroid dienone is 1. The summed E-state index contributed by atoms with van der Waals surface area (Å²) in [7, 11) is 2.03. The fraction of sp³-hybridized carbons (Fsp3) is 0.467. The third-order valence-electron chi connectivity index (χ3n) is 3.37. The first-order valence-corrected chi connectivity index (χ1v) is 6.39. The molecule has 0 aliphatic carbocycles. The second-order valence-electron chi connectivity index (χ2n) is 4.53. The molecule has 2 heteroatoms. The maximum absolute atomic E-state index is 5.53. The molecule has 1 atom stereocenters. The van der Waals surface area contributed by atoms with Gasteiger partial charge in [-0.25, -0.2) is 0 Å². The number of nitrogens with one attached hydrogen (secondary N) is 1. The molecular weight excluding hydrogens is 210 g/mol. The summed E-state index contributed by atoms with van der Waals surface area (Å²) in [6.07, 6.45) is 6.46. The van der Waals surface area contributed by atoms with E-state index in [9.17, 15) is 0 Å². The van der Waals surface area contributed by atoms with E-state index in [2.05, 4.69) is 30.1 Å². The van der Waals surface area contributed by atoms with Crippen LogP contribution in [0.5, 0.6) is 5.75 Å². The molecule has 1 N–H and O–H groups in total.